The fourth-order valence-corrected chi connectivity index (χ4v) is 5.09. The third-order valence-corrected chi connectivity index (χ3v) is 6.68. The predicted octanol–water partition coefficient (Wildman–Crippen LogP) is 2.90. The molecule has 3 aromatic rings. The molecule has 0 atom stereocenters. The number of pyridine rings is 2. The van der Waals surface area contributed by atoms with Gasteiger partial charge in [0.2, 0.25) is 11.5 Å². The molecule has 2 saturated carbocycles. The van der Waals surface area contributed by atoms with Gasteiger partial charge in [-0.1, -0.05) is 30.3 Å². The molecule has 0 spiro atoms. The van der Waals surface area contributed by atoms with Crippen LogP contribution in [-0.4, -0.2) is 21.3 Å². The molecule has 5 rings (SSSR count). The first-order valence-corrected chi connectivity index (χ1v) is 11.1. The first kappa shape index (κ1) is 19.0. The van der Waals surface area contributed by atoms with Crippen LogP contribution in [0.2, 0.25) is 0 Å². The Balaban J connectivity index is 1.70. The monoisotopic (exact) mass is 406 g/mol. The number of amides is 1. The minimum atomic E-state index is -0.189. The molecule has 2 fully saturated rings. The number of aromatic nitrogens is 3. The van der Waals surface area contributed by atoms with E-state index in [-0.39, 0.29) is 23.6 Å². The number of nitrogens with two attached hydrogens (primary N) is 1. The summed E-state index contributed by atoms with van der Waals surface area (Å²) in [4.78, 5) is 31.2. The van der Waals surface area contributed by atoms with Crippen molar-refractivity contribution in [2.45, 2.75) is 69.9 Å². The maximum Gasteiger partial charge on any atom is 0.278 e. The molecule has 7 heteroatoms. The van der Waals surface area contributed by atoms with Gasteiger partial charge in [-0.3, -0.25) is 14.0 Å². The highest BCUT2D eigenvalue weighted by Gasteiger charge is 2.31. The molecule has 3 N–H and O–H groups in total. The molecule has 3 heterocycles. The molecular formula is C23H28N5O2+. The van der Waals surface area contributed by atoms with Crippen LogP contribution < -0.4 is 21.2 Å². The van der Waals surface area contributed by atoms with E-state index >= 15 is 0 Å². The summed E-state index contributed by atoms with van der Waals surface area (Å²) < 4.78 is 3.48. The van der Waals surface area contributed by atoms with Gasteiger partial charge in [-0.15, -0.1) is 0 Å². The average molecular weight is 407 g/mol. The first-order chi connectivity index (χ1) is 14.6. The fraction of sp³-hybridized carbons (Fsp3) is 0.478. The third kappa shape index (κ3) is 3.22. The van der Waals surface area contributed by atoms with Crippen LogP contribution in [0.15, 0.2) is 35.3 Å². The number of hydrogen-bond donors (Lipinski definition) is 2. The van der Waals surface area contributed by atoms with Crippen LogP contribution in [0.25, 0.3) is 16.7 Å². The van der Waals surface area contributed by atoms with Gasteiger partial charge >= 0.3 is 0 Å². The number of nitrogens with one attached hydrogen (secondary N) is 1. The Morgan fingerprint density at radius 3 is 2.60 bits per heavy atom. The number of hydrogen-bond acceptors (Lipinski definition) is 4. The summed E-state index contributed by atoms with van der Waals surface area (Å²) in [7, 11) is 0. The maximum absolute atomic E-state index is 13.3. The van der Waals surface area contributed by atoms with Crippen molar-refractivity contribution < 1.29 is 9.36 Å². The van der Waals surface area contributed by atoms with E-state index in [0.717, 1.165) is 51.4 Å². The lowest BCUT2D eigenvalue weighted by molar-refractivity contribution is -0.685. The number of anilines is 1. The van der Waals surface area contributed by atoms with Crippen molar-refractivity contribution in [2.75, 3.05) is 5.73 Å². The number of carbonyl (C=O) groups is 1. The van der Waals surface area contributed by atoms with Crippen molar-refractivity contribution in [3.05, 3.63) is 46.4 Å². The van der Waals surface area contributed by atoms with Crippen LogP contribution in [0.5, 0.6) is 0 Å². The van der Waals surface area contributed by atoms with E-state index < -0.39 is 0 Å². The van der Waals surface area contributed by atoms with Gasteiger partial charge in [0.1, 0.15) is 10.9 Å². The second kappa shape index (κ2) is 7.70. The molecule has 1 amide bonds. The molecule has 0 aromatic carbocycles. The van der Waals surface area contributed by atoms with Gasteiger partial charge in [0.25, 0.3) is 17.1 Å². The minimum Gasteiger partial charge on any atom is -0.349 e. The molecule has 2 aliphatic rings. The van der Waals surface area contributed by atoms with E-state index in [4.69, 9.17) is 10.7 Å². The summed E-state index contributed by atoms with van der Waals surface area (Å²) in [5.74, 6) is 0.223. The highest BCUT2D eigenvalue weighted by molar-refractivity contribution is 6.00. The van der Waals surface area contributed by atoms with Crippen molar-refractivity contribution >= 4 is 28.4 Å². The molecule has 2 aliphatic carbocycles. The molecule has 156 valence electrons. The number of fused-ring (bicyclic) bond motifs is 2. The number of rotatable bonds is 3. The summed E-state index contributed by atoms with van der Waals surface area (Å²) in [6.07, 6.45) is 11.4. The van der Waals surface area contributed by atoms with Crippen molar-refractivity contribution in [1.82, 2.24) is 14.7 Å². The van der Waals surface area contributed by atoms with E-state index in [2.05, 4.69) is 5.32 Å². The zero-order valence-corrected chi connectivity index (χ0v) is 17.1. The Kier molecular flexibility index (Phi) is 4.89. The molecule has 7 nitrogen and oxygen atoms in total. The SMILES string of the molecule is Nc1c(C(=O)NC2CCCCC2)cc2c(=O)n3ccccc3nc2[n+]1C1CCCC1. The van der Waals surface area contributed by atoms with E-state index in [9.17, 15) is 9.59 Å². The molecular weight excluding hydrogens is 378 g/mol. The van der Waals surface area contributed by atoms with E-state index in [1.54, 1.807) is 18.3 Å². The lowest BCUT2D eigenvalue weighted by atomic mass is 9.95. The summed E-state index contributed by atoms with van der Waals surface area (Å²) in [5, 5.41) is 3.59. The van der Waals surface area contributed by atoms with Crippen molar-refractivity contribution in [3.63, 3.8) is 0 Å². The van der Waals surface area contributed by atoms with Gasteiger partial charge in [0.15, 0.2) is 0 Å². The van der Waals surface area contributed by atoms with Gasteiger partial charge < -0.3 is 11.1 Å². The molecule has 0 saturated heterocycles. The maximum atomic E-state index is 13.3. The largest absolute Gasteiger partial charge is 0.349 e. The quantitative estimate of drug-likeness (QED) is 0.517. The molecule has 0 radical (unpaired) electrons. The van der Waals surface area contributed by atoms with Gasteiger partial charge in [-0.05, 0) is 56.7 Å². The molecule has 3 aromatic heterocycles. The molecule has 0 bridgehead atoms. The van der Waals surface area contributed by atoms with Gasteiger partial charge in [0.05, 0.1) is 6.04 Å². The Hall–Kier alpha value is -2.96. The number of nitrogen functional groups attached to an aromatic ring is 1. The highest BCUT2D eigenvalue weighted by atomic mass is 16.2. The lowest BCUT2D eigenvalue weighted by Gasteiger charge is -2.23. The molecule has 0 aliphatic heterocycles. The minimum absolute atomic E-state index is 0.160. The smallest absolute Gasteiger partial charge is 0.278 e. The van der Waals surface area contributed by atoms with E-state index in [0.29, 0.717) is 28.1 Å². The number of carbonyl (C=O) groups excluding carboxylic acids is 1. The second-order valence-electron chi connectivity index (χ2n) is 8.64. The van der Waals surface area contributed by atoms with Crippen LogP contribution >= 0.6 is 0 Å². The Morgan fingerprint density at radius 1 is 1.10 bits per heavy atom. The second-order valence-corrected chi connectivity index (χ2v) is 8.64. The van der Waals surface area contributed by atoms with Crippen molar-refractivity contribution in [1.29, 1.82) is 0 Å². The van der Waals surface area contributed by atoms with E-state index in [1.165, 1.54) is 10.8 Å². The average Bonchev–Trinajstić information content (AvgIpc) is 3.29. The lowest BCUT2D eigenvalue weighted by Crippen LogP contribution is -2.46. The summed E-state index contributed by atoms with van der Waals surface area (Å²) in [5.41, 5.74) is 7.95. The summed E-state index contributed by atoms with van der Waals surface area (Å²) in [6, 6.07) is 7.47. The normalized spacial score (nSPS) is 18.3. The summed E-state index contributed by atoms with van der Waals surface area (Å²) in [6.45, 7) is 0. The number of nitrogens with zero attached hydrogens (tertiary/aromatic N) is 3. The molecule has 0 unspecified atom stereocenters. The van der Waals surface area contributed by atoms with Crippen LogP contribution in [0.3, 0.4) is 0 Å². The Morgan fingerprint density at radius 2 is 1.83 bits per heavy atom. The standard InChI is InChI=1S/C23H27N5O2/c24-20-17(22(29)25-15-8-2-1-3-9-15)14-18-21(28(20)16-10-4-5-11-16)26-19-12-6-7-13-27(19)23(18)30/h6-7,12-16,24H,1-5,8-11H2,(H,25,29)/p+1. The Bertz CT molecular complexity index is 1170. The Labute approximate surface area is 174 Å². The summed E-state index contributed by atoms with van der Waals surface area (Å²) >= 11 is 0. The van der Waals surface area contributed by atoms with Gasteiger partial charge in [-0.2, -0.15) is 0 Å². The molecule has 30 heavy (non-hydrogen) atoms. The topological polar surface area (TPSA) is 93.4 Å². The van der Waals surface area contributed by atoms with Gasteiger partial charge in [-0.25, -0.2) is 4.57 Å². The van der Waals surface area contributed by atoms with Crippen LogP contribution in [0.1, 0.15) is 74.2 Å². The van der Waals surface area contributed by atoms with Crippen LogP contribution in [0, 0.1) is 0 Å². The predicted molar refractivity (Wildman–Crippen MR) is 115 cm³/mol. The fourth-order valence-electron chi connectivity index (χ4n) is 5.09. The first-order valence-electron chi connectivity index (χ1n) is 11.1. The van der Waals surface area contributed by atoms with Crippen molar-refractivity contribution in [3.8, 4) is 0 Å². The van der Waals surface area contributed by atoms with E-state index in [1.807, 2.05) is 16.7 Å². The van der Waals surface area contributed by atoms with Crippen LogP contribution in [-0.2, 0) is 0 Å². The zero-order chi connectivity index (χ0) is 20.7. The van der Waals surface area contributed by atoms with Gasteiger partial charge in [0, 0.05) is 12.2 Å². The highest BCUT2D eigenvalue weighted by Crippen LogP contribution is 2.28. The third-order valence-electron chi connectivity index (χ3n) is 6.68. The zero-order valence-electron chi connectivity index (χ0n) is 17.1. The van der Waals surface area contributed by atoms with Crippen LogP contribution in [0.4, 0.5) is 5.82 Å². The van der Waals surface area contributed by atoms with Crippen molar-refractivity contribution in [2.24, 2.45) is 0 Å².